The quantitative estimate of drug-likeness (QED) is 0.563. The highest BCUT2D eigenvalue weighted by Crippen LogP contribution is 2.19. The highest BCUT2D eigenvalue weighted by Gasteiger charge is 2.22. The van der Waals surface area contributed by atoms with E-state index in [4.69, 9.17) is 0 Å². The van der Waals surface area contributed by atoms with E-state index in [-0.39, 0.29) is 23.5 Å². The Morgan fingerprint density at radius 2 is 1.69 bits per heavy atom. The minimum Gasteiger partial charge on any atom is -0.335 e. The predicted octanol–water partition coefficient (Wildman–Crippen LogP) is 2.14. The summed E-state index contributed by atoms with van der Waals surface area (Å²) in [6, 6.07) is 6.15. The fourth-order valence-corrected chi connectivity index (χ4v) is 4.93. The maximum atomic E-state index is 12.5. The van der Waals surface area contributed by atoms with Crippen LogP contribution < -0.4 is 16.0 Å². The summed E-state index contributed by atoms with van der Waals surface area (Å²) in [5.41, 5.74) is 0.853. The van der Waals surface area contributed by atoms with Gasteiger partial charge in [0.2, 0.25) is 15.9 Å². The number of rotatable bonds is 9. The molecule has 1 saturated carbocycles. The van der Waals surface area contributed by atoms with Gasteiger partial charge in [-0.25, -0.2) is 13.2 Å². The van der Waals surface area contributed by atoms with Crippen molar-refractivity contribution >= 4 is 22.0 Å². The van der Waals surface area contributed by atoms with Crippen molar-refractivity contribution in [1.82, 2.24) is 20.3 Å². The molecule has 0 radical (unpaired) electrons. The summed E-state index contributed by atoms with van der Waals surface area (Å²) in [4.78, 5) is 24.0. The number of nitrogens with one attached hydrogen (secondary N) is 3. The number of benzene rings is 1. The van der Waals surface area contributed by atoms with Crippen LogP contribution in [0.5, 0.6) is 0 Å². The van der Waals surface area contributed by atoms with E-state index in [1.54, 1.807) is 38.1 Å². The Bertz CT molecular complexity index is 785. The predicted molar refractivity (Wildman–Crippen MR) is 112 cm³/mol. The zero-order valence-electron chi connectivity index (χ0n) is 17.4. The lowest BCUT2D eigenvalue weighted by Crippen LogP contribution is -2.46. The fourth-order valence-electron chi connectivity index (χ4n) is 3.47. The van der Waals surface area contributed by atoms with Crippen molar-refractivity contribution in [2.45, 2.75) is 63.4 Å². The molecule has 0 spiro atoms. The molecule has 3 N–H and O–H groups in total. The normalized spacial score (nSPS) is 16.0. The molecule has 9 heteroatoms. The van der Waals surface area contributed by atoms with Crippen LogP contribution in [-0.4, -0.2) is 50.3 Å². The molecule has 1 aromatic rings. The second kappa shape index (κ2) is 10.7. The maximum Gasteiger partial charge on any atom is 0.321 e. The summed E-state index contributed by atoms with van der Waals surface area (Å²) in [5.74, 6) is -0.409. The smallest absolute Gasteiger partial charge is 0.321 e. The van der Waals surface area contributed by atoms with E-state index in [0.29, 0.717) is 13.1 Å². The molecule has 1 aliphatic carbocycles. The molecule has 0 bridgehead atoms. The van der Waals surface area contributed by atoms with Crippen molar-refractivity contribution < 1.29 is 18.0 Å². The number of carbonyl (C=O) groups excluding carboxylic acids is 2. The number of carbonyl (C=O) groups is 2. The van der Waals surface area contributed by atoms with Crippen LogP contribution in [0.1, 0.15) is 58.1 Å². The van der Waals surface area contributed by atoms with E-state index in [1.807, 2.05) is 6.92 Å². The first-order chi connectivity index (χ1) is 13.8. The van der Waals surface area contributed by atoms with Crippen LogP contribution in [0.15, 0.2) is 29.2 Å². The number of imide groups is 1. The van der Waals surface area contributed by atoms with Gasteiger partial charge in [-0.15, -0.1) is 0 Å². The lowest BCUT2D eigenvalue weighted by atomic mass is 10.1. The van der Waals surface area contributed by atoms with E-state index in [2.05, 4.69) is 16.0 Å². The second-order valence-electron chi connectivity index (χ2n) is 7.26. The third kappa shape index (κ3) is 6.52. The van der Waals surface area contributed by atoms with Gasteiger partial charge in [0.05, 0.1) is 11.4 Å². The summed E-state index contributed by atoms with van der Waals surface area (Å²) >= 11 is 0. The van der Waals surface area contributed by atoms with Crippen molar-refractivity contribution in [3.63, 3.8) is 0 Å². The zero-order chi connectivity index (χ0) is 21.4. The first-order valence-corrected chi connectivity index (χ1v) is 11.7. The molecule has 162 valence electrons. The molecule has 1 aliphatic rings. The first kappa shape index (κ1) is 23.3. The monoisotopic (exact) mass is 424 g/mol. The molecular weight excluding hydrogens is 392 g/mol. The minimum absolute atomic E-state index is 0.0151. The standard InChI is InChI=1S/C20H32N4O4S/c1-4-24(5-2)29(27,28)18-12-10-16(11-13-18)15(3)21-14-19(25)23-20(26)22-17-8-6-7-9-17/h10-13,15,17,21H,4-9,14H2,1-3H3,(H2,22,23,25,26)/t15-/m1/s1. The van der Waals surface area contributed by atoms with E-state index < -0.39 is 22.0 Å². The van der Waals surface area contributed by atoms with Crippen LogP contribution in [0, 0.1) is 0 Å². The van der Waals surface area contributed by atoms with Crippen LogP contribution in [0.3, 0.4) is 0 Å². The maximum absolute atomic E-state index is 12.5. The summed E-state index contributed by atoms with van der Waals surface area (Å²) < 4.78 is 26.5. The molecule has 3 amide bonds. The highest BCUT2D eigenvalue weighted by molar-refractivity contribution is 7.89. The molecule has 29 heavy (non-hydrogen) atoms. The van der Waals surface area contributed by atoms with E-state index >= 15 is 0 Å². The molecule has 2 rings (SSSR count). The molecule has 0 heterocycles. The highest BCUT2D eigenvalue weighted by atomic mass is 32.2. The molecule has 0 aromatic heterocycles. The minimum atomic E-state index is -3.49. The van der Waals surface area contributed by atoms with Gasteiger partial charge in [-0.3, -0.25) is 10.1 Å². The Kier molecular flexibility index (Phi) is 8.60. The Hall–Kier alpha value is -1.97. The van der Waals surface area contributed by atoms with Gasteiger partial charge in [0.15, 0.2) is 0 Å². The number of nitrogens with zero attached hydrogens (tertiary/aromatic N) is 1. The third-order valence-electron chi connectivity index (χ3n) is 5.24. The topological polar surface area (TPSA) is 108 Å². The van der Waals surface area contributed by atoms with Crippen molar-refractivity contribution in [1.29, 1.82) is 0 Å². The molecule has 0 unspecified atom stereocenters. The second-order valence-corrected chi connectivity index (χ2v) is 9.20. The van der Waals surface area contributed by atoms with Gasteiger partial charge in [0.25, 0.3) is 0 Å². The Labute approximate surface area is 173 Å². The number of urea groups is 1. The Morgan fingerprint density at radius 3 is 2.24 bits per heavy atom. The average molecular weight is 425 g/mol. The molecule has 1 fully saturated rings. The zero-order valence-corrected chi connectivity index (χ0v) is 18.2. The van der Waals surface area contributed by atoms with E-state index in [1.165, 1.54) is 4.31 Å². The lowest BCUT2D eigenvalue weighted by molar-refractivity contribution is -0.119. The largest absolute Gasteiger partial charge is 0.335 e. The summed E-state index contributed by atoms with van der Waals surface area (Å²) in [5, 5.41) is 8.19. The van der Waals surface area contributed by atoms with Crippen LogP contribution in [-0.2, 0) is 14.8 Å². The van der Waals surface area contributed by atoms with E-state index in [0.717, 1.165) is 31.2 Å². The Morgan fingerprint density at radius 1 is 1.10 bits per heavy atom. The fraction of sp³-hybridized carbons (Fsp3) is 0.600. The van der Waals surface area contributed by atoms with Crippen molar-refractivity contribution in [3.05, 3.63) is 29.8 Å². The van der Waals surface area contributed by atoms with Gasteiger partial charge in [-0.2, -0.15) is 4.31 Å². The van der Waals surface area contributed by atoms with Gasteiger partial charge < -0.3 is 10.6 Å². The van der Waals surface area contributed by atoms with Crippen molar-refractivity contribution in [3.8, 4) is 0 Å². The van der Waals surface area contributed by atoms with Crippen LogP contribution in [0.4, 0.5) is 4.79 Å². The van der Waals surface area contributed by atoms with Crippen LogP contribution in [0.25, 0.3) is 0 Å². The Balaban J connectivity index is 1.85. The summed E-state index contributed by atoms with van der Waals surface area (Å²) in [7, 11) is -3.49. The molecule has 0 saturated heterocycles. The molecule has 1 aromatic carbocycles. The van der Waals surface area contributed by atoms with Gasteiger partial charge in [-0.1, -0.05) is 38.8 Å². The SMILES string of the molecule is CCN(CC)S(=O)(=O)c1ccc([C@@H](C)NCC(=O)NC(=O)NC2CCCC2)cc1. The molecule has 0 aliphatic heterocycles. The van der Waals surface area contributed by atoms with Crippen molar-refractivity contribution in [2.75, 3.05) is 19.6 Å². The van der Waals surface area contributed by atoms with Crippen LogP contribution >= 0.6 is 0 Å². The number of hydrogen-bond donors (Lipinski definition) is 3. The first-order valence-electron chi connectivity index (χ1n) is 10.2. The van der Waals surface area contributed by atoms with Gasteiger partial charge in [-0.05, 0) is 37.5 Å². The average Bonchev–Trinajstić information content (AvgIpc) is 3.19. The van der Waals surface area contributed by atoms with Crippen LogP contribution in [0.2, 0.25) is 0 Å². The number of hydrogen-bond acceptors (Lipinski definition) is 5. The number of amides is 3. The lowest BCUT2D eigenvalue weighted by Gasteiger charge is -2.19. The summed E-state index contributed by atoms with van der Waals surface area (Å²) in [6.45, 7) is 6.31. The van der Waals surface area contributed by atoms with E-state index in [9.17, 15) is 18.0 Å². The van der Waals surface area contributed by atoms with Gasteiger partial charge >= 0.3 is 6.03 Å². The summed E-state index contributed by atoms with van der Waals surface area (Å²) in [6.07, 6.45) is 4.12. The molecule has 1 atom stereocenters. The molecular formula is C20H32N4O4S. The van der Waals surface area contributed by atoms with Gasteiger partial charge in [0, 0.05) is 25.2 Å². The third-order valence-corrected chi connectivity index (χ3v) is 7.30. The van der Waals surface area contributed by atoms with Gasteiger partial charge in [0.1, 0.15) is 0 Å². The molecule has 8 nitrogen and oxygen atoms in total. The number of sulfonamides is 1. The van der Waals surface area contributed by atoms with Crippen molar-refractivity contribution in [2.24, 2.45) is 0 Å².